The minimum atomic E-state index is -0.448. The maximum atomic E-state index is 11.9. The molecule has 5 nitrogen and oxygen atoms in total. The molecule has 1 aliphatic carbocycles. The van der Waals surface area contributed by atoms with E-state index >= 15 is 0 Å². The molecule has 1 fully saturated rings. The van der Waals surface area contributed by atoms with Crippen LogP contribution >= 0.6 is 0 Å². The van der Waals surface area contributed by atoms with Gasteiger partial charge in [-0.05, 0) is 44.4 Å². The summed E-state index contributed by atoms with van der Waals surface area (Å²) in [4.78, 5) is 23.4. The predicted octanol–water partition coefficient (Wildman–Crippen LogP) is 3.24. The maximum Gasteiger partial charge on any atom is 0.411 e. The fraction of sp³-hybridized carbons (Fsp3) is 0.412. The molecule has 0 unspecified atom stereocenters. The number of carbonyl (C=O) groups is 2. The lowest BCUT2D eigenvalue weighted by Gasteiger charge is -2.29. The quantitative estimate of drug-likeness (QED) is 0.839. The molecule has 1 aromatic carbocycles. The van der Waals surface area contributed by atoms with Crippen molar-refractivity contribution in [1.82, 2.24) is 5.32 Å². The lowest BCUT2D eigenvalue weighted by atomic mass is 9.93. The summed E-state index contributed by atoms with van der Waals surface area (Å²) in [6.45, 7) is 1.81. The van der Waals surface area contributed by atoms with Crippen molar-refractivity contribution in [1.29, 1.82) is 0 Å². The van der Waals surface area contributed by atoms with E-state index in [9.17, 15) is 9.59 Å². The number of hydrogen-bond acceptors (Lipinski definition) is 3. The Morgan fingerprint density at radius 2 is 2.00 bits per heavy atom. The van der Waals surface area contributed by atoms with Gasteiger partial charge < -0.3 is 10.1 Å². The number of anilines is 1. The van der Waals surface area contributed by atoms with Crippen molar-refractivity contribution in [2.75, 3.05) is 5.32 Å². The summed E-state index contributed by atoms with van der Waals surface area (Å²) in [5.41, 5.74) is 0.709. The van der Waals surface area contributed by atoms with Crippen LogP contribution in [0.15, 0.2) is 42.5 Å². The lowest BCUT2D eigenvalue weighted by molar-refractivity contribution is -0.117. The Morgan fingerprint density at radius 3 is 2.73 bits per heavy atom. The number of amides is 2. The first-order valence-electron chi connectivity index (χ1n) is 7.63. The van der Waals surface area contributed by atoms with E-state index in [0.29, 0.717) is 12.1 Å². The van der Waals surface area contributed by atoms with Crippen LogP contribution < -0.4 is 10.6 Å². The zero-order valence-corrected chi connectivity index (χ0v) is 12.7. The number of para-hydroxylation sites is 1. The summed E-state index contributed by atoms with van der Waals surface area (Å²) in [6.07, 6.45) is 5.95. The molecule has 0 heterocycles. The van der Waals surface area contributed by atoms with Crippen molar-refractivity contribution < 1.29 is 14.3 Å². The SMILES string of the molecule is C/C=C/C(=O)N[C@@H]1CCC[C@H](OC(=O)Nc2ccccc2)C1. The standard InChI is InChI=1S/C17H22N2O3/c1-2-7-16(20)18-14-10-6-11-15(12-14)22-17(21)19-13-8-4-3-5-9-13/h2-5,7-9,14-15H,6,10-12H2,1H3,(H,18,20)(H,19,21)/b7-2+/t14-,15+/m1/s1. The van der Waals surface area contributed by atoms with Gasteiger partial charge in [0.1, 0.15) is 6.10 Å². The highest BCUT2D eigenvalue weighted by atomic mass is 16.6. The van der Waals surface area contributed by atoms with E-state index in [0.717, 1.165) is 19.3 Å². The molecular formula is C17H22N2O3. The molecule has 2 rings (SSSR count). The Balaban J connectivity index is 1.79. The zero-order chi connectivity index (χ0) is 15.8. The van der Waals surface area contributed by atoms with Crippen LogP contribution in [0.3, 0.4) is 0 Å². The smallest absolute Gasteiger partial charge is 0.411 e. The van der Waals surface area contributed by atoms with Gasteiger partial charge in [0.05, 0.1) is 0 Å². The summed E-state index contributed by atoms with van der Waals surface area (Å²) in [7, 11) is 0. The molecule has 118 valence electrons. The summed E-state index contributed by atoms with van der Waals surface area (Å²) >= 11 is 0. The molecule has 0 saturated heterocycles. The third-order valence-corrected chi connectivity index (χ3v) is 3.58. The Bertz CT molecular complexity index is 528. The number of ether oxygens (including phenoxy) is 1. The van der Waals surface area contributed by atoms with E-state index in [2.05, 4.69) is 10.6 Å². The molecule has 1 aliphatic rings. The van der Waals surface area contributed by atoms with Gasteiger partial charge in [-0.1, -0.05) is 24.3 Å². The normalized spacial score (nSPS) is 21.3. The van der Waals surface area contributed by atoms with Gasteiger partial charge in [0.2, 0.25) is 5.91 Å². The highest BCUT2D eigenvalue weighted by molar-refractivity contribution is 5.87. The van der Waals surface area contributed by atoms with Crippen LogP contribution in [0.4, 0.5) is 10.5 Å². The molecule has 5 heteroatoms. The molecule has 2 N–H and O–H groups in total. The largest absolute Gasteiger partial charge is 0.446 e. The summed E-state index contributed by atoms with van der Waals surface area (Å²) in [6, 6.07) is 9.26. The molecule has 2 atom stereocenters. The Kier molecular flexibility index (Phi) is 6.01. The maximum absolute atomic E-state index is 11.9. The summed E-state index contributed by atoms with van der Waals surface area (Å²) in [5.74, 6) is -0.0955. The molecule has 0 aliphatic heterocycles. The Labute approximate surface area is 130 Å². The third-order valence-electron chi connectivity index (χ3n) is 3.58. The van der Waals surface area contributed by atoms with Crippen LogP contribution in [-0.2, 0) is 9.53 Å². The van der Waals surface area contributed by atoms with Gasteiger partial charge >= 0.3 is 6.09 Å². The number of carbonyl (C=O) groups excluding carboxylic acids is 2. The first-order valence-corrected chi connectivity index (χ1v) is 7.63. The average molecular weight is 302 g/mol. The topological polar surface area (TPSA) is 67.4 Å². The van der Waals surface area contributed by atoms with E-state index in [1.54, 1.807) is 13.0 Å². The van der Waals surface area contributed by atoms with E-state index < -0.39 is 6.09 Å². The predicted molar refractivity (Wildman–Crippen MR) is 85.5 cm³/mol. The Hall–Kier alpha value is -2.30. The third kappa shape index (κ3) is 5.24. The highest BCUT2D eigenvalue weighted by Crippen LogP contribution is 2.22. The molecule has 0 spiro atoms. The van der Waals surface area contributed by atoms with Gasteiger partial charge in [-0.25, -0.2) is 4.79 Å². The zero-order valence-electron chi connectivity index (χ0n) is 12.7. The molecule has 0 bridgehead atoms. The minimum Gasteiger partial charge on any atom is -0.446 e. The highest BCUT2D eigenvalue weighted by Gasteiger charge is 2.25. The number of rotatable bonds is 4. The van der Waals surface area contributed by atoms with Crippen molar-refractivity contribution in [3.8, 4) is 0 Å². The number of nitrogens with one attached hydrogen (secondary N) is 2. The molecule has 1 aromatic rings. The number of allylic oxidation sites excluding steroid dienone is 1. The lowest BCUT2D eigenvalue weighted by Crippen LogP contribution is -2.40. The van der Waals surface area contributed by atoms with Crippen LogP contribution in [-0.4, -0.2) is 24.1 Å². The van der Waals surface area contributed by atoms with Crippen molar-refractivity contribution in [3.05, 3.63) is 42.5 Å². The summed E-state index contributed by atoms with van der Waals surface area (Å²) in [5, 5.41) is 5.64. The first-order chi connectivity index (χ1) is 10.7. The van der Waals surface area contributed by atoms with Gasteiger partial charge in [0.25, 0.3) is 0 Å². The molecule has 22 heavy (non-hydrogen) atoms. The second kappa shape index (κ2) is 8.22. The van der Waals surface area contributed by atoms with E-state index in [1.165, 1.54) is 6.08 Å². The van der Waals surface area contributed by atoms with E-state index in [-0.39, 0.29) is 18.1 Å². The van der Waals surface area contributed by atoms with Crippen LogP contribution in [0.5, 0.6) is 0 Å². The van der Waals surface area contributed by atoms with Gasteiger partial charge in [-0.2, -0.15) is 0 Å². The van der Waals surface area contributed by atoms with Gasteiger partial charge in [-0.15, -0.1) is 0 Å². The molecule has 1 saturated carbocycles. The van der Waals surface area contributed by atoms with E-state index in [1.807, 2.05) is 30.3 Å². The van der Waals surface area contributed by atoms with Crippen molar-refractivity contribution in [2.45, 2.75) is 44.8 Å². The van der Waals surface area contributed by atoms with Gasteiger partial charge in [-0.3, -0.25) is 10.1 Å². The van der Waals surface area contributed by atoms with Crippen molar-refractivity contribution >= 4 is 17.7 Å². The fourth-order valence-corrected chi connectivity index (χ4v) is 2.60. The van der Waals surface area contributed by atoms with Crippen molar-refractivity contribution in [2.24, 2.45) is 0 Å². The van der Waals surface area contributed by atoms with E-state index in [4.69, 9.17) is 4.74 Å². The van der Waals surface area contributed by atoms with Crippen LogP contribution in [0.2, 0.25) is 0 Å². The molecule has 2 amide bonds. The minimum absolute atomic E-state index is 0.0620. The van der Waals surface area contributed by atoms with Gasteiger partial charge in [0.15, 0.2) is 0 Å². The van der Waals surface area contributed by atoms with Crippen LogP contribution in [0.25, 0.3) is 0 Å². The molecule has 0 aromatic heterocycles. The monoisotopic (exact) mass is 302 g/mol. The second-order valence-electron chi connectivity index (χ2n) is 5.39. The van der Waals surface area contributed by atoms with Crippen molar-refractivity contribution in [3.63, 3.8) is 0 Å². The van der Waals surface area contributed by atoms with Crippen LogP contribution in [0.1, 0.15) is 32.6 Å². The number of benzene rings is 1. The Morgan fingerprint density at radius 1 is 1.23 bits per heavy atom. The second-order valence-corrected chi connectivity index (χ2v) is 5.39. The molecule has 0 radical (unpaired) electrons. The first kappa shape index (κ1) is 16.1. The molecular weight excluding hydrogens is 280 g/mol. The fourth-order valence-electron chi connectivity index (χ4n) is 2.60. The number of hydrogen-bond donors (Lipinski definition) is 2. The van der Waals surface area contributed by atoms with Gasteiger partial charge in [0, 0.05) is 18.2 Å². The average Bonchev–Trinajstić information content (AvgIpc) is 2.48. The summed E-state index contributed by atoms with van der Waals surface area (Å²) < 4.78 is 5.45. The van der Waals surface area contributed by atoms with Crippen LogP contribution in [0, 0.1) is 0 Å².